The van der Waals surface area contributed by atoms with Gasteiger partial charge in [-0.1, -0.05) is 19.0 Å². The number of aromatic nitrogens is 2. The highest BCUT2D eigenvalue weighted by molar-refractivity contribution is 7.89. The predicted octanol–water partition coefficient (Wildman–Crippen LogP) is 2.07. The monoisotopic (exact) mass is 353 g/mol. The number of hydrogen-bond donors (Lipinski definition) is 2. The molecule has 0 aromatic carbocycles. The van der Waals surface area contributed by atoms with Crippen LogP contribution in [0.15, 0.2) is 29.0 Å². The van der Waals surface area contributed by atoms with E-state index in [1.165, 1.54) is 13.1 Å². The Morgan fingerprint density at radius 2 is 2.08 bits per heavy atom. The van der Waals surface area contributed by atoms with Gasteiger partial charge in [0.15, 0.2) is 5.76 Å². The van der Waals surface area contributed by atoms with Gasteiger partial charge in [0.05, 0.1) is 11.8 Å². The van der Waals surface area contributed by atoms with Crippen LogP contribution in [0.25, 0.3) is 11.3 Å². The molecule has 130 valence electrons. The first-order chi connectivity index (χ1) is 11.2. The van der Waals surface area contributed by atoms with E-state index in [2.05, 4.69) is 14.9 Å². The maximum atomic E-state index is 12.1. The number of sulfonamides is 1. The molecule has 9 heteroatoms. The molecule has 1 atom stereocenters. The lowest BCUT2D eigenvalue weighted by Crippen LogP contribution is -2.31. The number of pyridine rings is 1. The van der Waals surface area contributed by atoms with Crippen LogP contribution in [0.2, 0.25) is 0 Å². The van der Waals surface area contributed by atoms with Gasteiger partial charge in [0, 0.05) is 18.0 Å². The second kappa shape index (κ2) is 7.10. The van der Waals surface area contributed by atoms with Crippen molar-refractivity contribution in [3.8, 4) is 11.3 Å². The number of rotatable bonds is 7. The van der Waals surface area contributed by atoms with Crippen LogP contribution in [0, 0.1) is 5.92 Å². The third kappa shape index (κ3) is 4.18. The van der Waals surface area contributed by atoms with E-state index in [1.54, 1.807) is 32.2 Å². The highest BCUT2D eigenvalue weighted by atomic mass is 32.2. The quantitative estimate of drug-likeness (QED) is 0.781. The summed E-state index contributed by atoms with van der Waals surface area (Å²) in [5.74, 6) is -1.42. The van der Waals surface area contributed by atoms with Crippen molar-refractivity contribution in [1.29, 1.82) is 0 Å². The molecule has 0 saturated heterocycles. The van der Waals surface area contributed by atoms with E-state index in [1.807, 2.05) is 0 Å². The number of carbonyl (C=O) groups is 1. The number of carboxylic acid groups (broad SMARTS) is 1. The molecular formula is C15H19N3O5S. The van der Waals surface area contributed by atoms with Crippen molar-refractivity contribution >= 4 is 16.0 Å². The topological polar surface area (TPSA) is 122 Å². The maximum Gasteiger partial charge on any atom is 0.341 e. The number of nitrogens with one attached hydrogen (secondary N) is 1. The number of hydrogen-bond acceptors (Lipinski definition) is 6. The molecule has 0 bridgehead atoms. The fraction of sp³-hybridized carbons (Fsp3) is 0.400. The van der Waals surface area contributed by atoms with Crippen molar-refractivity contribution in [2.45, 2.75) is 26.8 Å². The van der Waals surface area contributed by atoms with Gasteiger partial charge in [-0.3, -0.25) is 4.98 Å². The lowest BCUT2D eigenvalue weighted by atomic mass is 10.1. The first-order valence-electron chi connectivity index (χ1n) is 7.34. The van der Waals surface area contributed by atoms with E-state index < -0.39 is 22.0 Å². The van der Waals surface area contributed by atoms with Crippen molar-refractivity contribution in [3.05, 3.63) is 35.9 Å². The largest absolute Gasteiger partial charge is 0.477 e. The van der Waals surface area contributed by atoms with Gasteiger partial charge in [-0.05, 0) is 25.0 Å². The van der Waals surface area contributed by atoms with Gasteiger partial charge in [0.2, 0.25) is 10.0 Å². The summed E-state index contributed by atoms with van der Waals surface area (Å²) in [6, 6.07) is 2.43. The van der Waals surface area contributed by atoms with E-state index in [-0.39, 0.29) is 28.7 Å². The van der Waals surface area contributed by atoms with E-state index in [4.69, 9.17) is 4.52 Å². The van der Waals surface area contributed by atoms with Crippen molar-refractivity contribution in [2.24, 2.45) is 5.92 Å². The summed E-state index contributed by atoms with van der Waals surface area (Å²) in [4.78, 5) is 15.5. The maximum absolute atomic E-state index is 12.1. The zero-order chi connectivity index (χ0) is 17.9. The second-order valence-electron chi connectivity index (χ2n) is 5.83. The Labute approximate surface area is 139 Å². The van der Waals surface area contributed by atoms with Crippen LogP contribution in [0.3, 0.4) is 0 Å². The van der Waals surface area contributed by atoms with Crippen molar-refractivity contribution in [2.75, 3.05) is 5.75 Å². The van der Waals surface area contributed by atoms with Gasteiger partial charge >= 0.3 is 5.97 Å². The Balaban J connectivity index is 2.38. The standard InChI is InChI=1S/C15H19N3O5S/c1-9(2)8-24(21,22)18-10(3)14-12(15(19)20)13(17-23-14)11-5-4-6-16-7-11/h4-7,9-10,18H,8H2,1-3H3,(H,19,20)/t10-/m1/s1. The minimum atomic E-state index is -3.57. The van der Waals surface area contributed by atoms with Crippen molar-refractivity contribution < 1.29 is 22.8 Å². The predicted molar refractivity (Wildman–Crippen MR) is 86.9 cm³/mol. The molecule has 0 aliphatic rings. The molecule has 0 unspecified atom stereocenters. The van der Waals surface area contributed by atoms with Gasteiger partial charge in [-0.15, -0.1) is 0 Å². The average Bonchev–Trinajstić information content (AvgIpc) is 2.91. The molecule has 2 aromatic heterocycles. The van der Waals surface area contributed by atoms with Gasteiger partial charge in [0.1, 0.15) is 11.3 Å². The van der Waals surface area contributed by atoms with Gasteiger partial charge in [-0.2, -0.15) is 0 Å². The molecule has 0 amide bonds. The summed E-state index contributed by atoms with van der Waals surface area (Å²) in [5.41, 5.74) is 0.408. The fourth-order valence-electron chi connectivity index (χ4n) is 2.31. The molecular weight excluding hydrogens is 334 g/mol. The van der Waals surface area contributed by atoms with Gasteiger partial charge in [0.25, 0.3) is 0 Å². The summed E-state index contributed by atoms with van der Waals surface area (Å²) >= 11 is 0. The molecule has 0 spiro atoms. The third-order valence-corrected chi connectivity index (χ3v) is 4.99. The van der Waals surface area contributed by atoms with Crippen LogP contribution in [0.5, 0.6) is 0 Å². The zero-order valence-electron chi connectivity index (χ0n) is 13.6. The summed E-state index contributed by atoms with van der Waals surface area (Å²) in [6.45, 7) is 5.07. The molecule has 0 saturated carbocycles. The van der Waals surface area contributed by atoms with E-state index >= 15 is 0 Å². The van der Waals surface area contributed by atoms with Crippen LogP contribution in [-0.4, -0.2) is 35.4 Å². The summed E-state index contributed by atoms with van der Waals surface area (Å²) in [5, 5.41) is 13.3. The Hall–Kier alpha value is -2.26. The third-order valence-electron chi connectivity index (χ3n) is 3.17. The molecule has 0 radical (unpaired) electrons. The lowest BCUT2D eigenvalue weighted by Gasteiger charge is -2.13. The normalized spacial score (nSPS) is 13.2. The molecule has 8 nitrogen and oxygen atoms in total. The van der Waals surface area contributed by atoms with E-state index in [9.17, 15) is 18.3 Å². The van der Waals surface area contributed by atoms with E-state index in [0.29, 0.717) is 5.56 Å². The van der Waals surface area contributed by atoms with Crippen LogP contribution in [-0.2, 0) is 10.0 Å². The minimum Gasteiger partial charge on any atom is -0.477 e. The summed E-state index contributed by atoms with van der Waals surface area (Å²) in [6.07, 6.45) is 3.01. The highest BCUT2D eigenvalue weighted by Crippen LogP contribution is 2.29. The molecule has 0 aliphatic carbocycles. The molecule has 2 rings (SSSR count). The van der Waals surface area contributed by atoms with Gasteiger partial charge in [-0.25, -0.2) is 17.9 Å². The molecule has 0 fully saturated rings. The van der Waals surface area contributed by atoms with Crippen LogP contribution in [0.4, 0.5) is 0 Å². The average molecular weight is 353 g/mol. The molecule has 24 heavy (non-hydrogen) atoms. The number of aromatic carboxylic acids is 1. The van der Waals surface area contributed by atoms with Crippen LogP contribution < -0.4 is 4.72 Å². The Morgan fingerprint density at radius 1 is 1.38 bits per heavy atom. The molecule has 2 N–H and O–H groups in total. The highest BCUT2D eigenvalue weighted by Gasteiger charge is 2.29. The smallest absolute Gasteiger partial charge is 0.341 e. The number of nitrogens with zero attached hydrogens (tertiary/aromatic N) is 2. The summed E-state index contributed by atoms with van der Waals surface area (Å²) < 4.78 is 31.7. The SMILES string of the molecule is CC(C)CS(=O)(=O)N[C@H](C)c1onc(-c2cccnc2)c1C(=O)O. The Bertz CT molecular complexity index is 815. The van der Waals surface area contributed by atoms with E-state index in [0.717, 1.165) is 0 Å². The molecule has 2 heterocycles. The van der Waals surface area contributed by atoms with Gasteiger partial charge < -0.3 is 9.63 Å². The van der Waals surface area contributed by atoms with Crippen LogP contribution in [0.1, 0.15) is 42.9 Å². The minimum absolute atomic E-state index is 0.0475. The first-order valence-corrected chi connectivity index (χ1v) is 8.99. The molecule has 2 aromatic rings. The lowest BCUT2D eigenvalue weighted by molar-refractivity contribution is 0.0694. The Morgan fingerprint density at radius 3 is 2.62 bits per heavy atom. The van der Waals surface area contributed by atoms with Crippen molar-refractivity contribution in [3.63, 3.8) is 0 Å². The number of carboxylic acids is 1. The molecule has 0 aliphatic heterocycles. The van der Waals surface area contributed by atoms with Crippen LogP contribution >= 0.6 is 0 Å². The Kier molecular flexibility index (Phi) is 5.35. The fourth-order valence-corrected chi connectivity index (χ4v) is 3.93. The summed E-state index contributed by atoms with van der Waals surface area (Å²) in [7, 11) is -3.57. The second-order valence-corrected chi connectivity index (χ2v) is 7.63. The first kappa shape index (κ1) is 18.1. The zero-order valence-corrected chi connectivity index (χ0v) is 14.4. The van der Waals surface area contributed by atoms with Crippen molar-refractivity contribution in [1.82, 2.24) is 14.9 Å².